The fourth-order valence-electron chi connectivity index (χ4n) is 2.31. The van der Waals surface area contributed by atoms with Crippen LogP contribution in [0.2, 0.25) is 5.02 Å². The fraction of sp³-hybridized carbons (Fsp3) is 0.125. The second-order valence-corrected chi connectivity index (χ2v) is 6.12. The number of benzene rings is 2. The van der Waals surface area contributed by atoms with Gasteiger partial charge >= 0.3 is 0 Å². The number of rotatable bonds is 3. The number of Topliss-reactive ketones (excluding diaryl/α,β-unsaturated/α-hetero) is 1. The Bertz CT molecular complexity index is 841. The van der Waals surface area contributed by atoms with Crippen LogP contribution in [0.15, 0.2) is 46.9 Å². The third-order valence-electron chi connectivity index (χ3n) is 3.43. The van der Waals surface area contributed by atoms with Crippen LogP contribution in [0.25, 0.3) is 11.0 Å². The van der Waals surface area contributed by atoms with E-state index in [1.807, 2.05) is 41.9 Å². The van der Waals surface area contributed by atoms with Gasteiger partial charge in [0.2, 0.25) is 0 Å². The maximum Gasteiger partial charge on any atom is 0.171 e. The molecule has 0 aliphatic rings. The molecule has 2 aromatic carbocycles. The average Bonchev–Trinajstić information content (AvgIpc) is 2.76. The quantitative estimate of drug-likeness (QED) is 0.646. The van der Waals surface area contributed by atoms with Crippen LogP contribution in [0.4, 0.5) is 0 Å². The highest BCUT2D eigenvalue weighted by molar-refractivity contribution is 9.10. The zero-order valence-electron chi connectivity index (χ0n) is 11.3. The Balaban J connectivity index is 1.94. The Hall–Kier alpha value is -1.65. The smallest absolute Gasteiger partial charge is 0.171 e. The first-order chi connectivity index (χ1) is 10.1. The number of imidazole rings is 1. The van der Waals surface area contributed by atoms with Gasteiger partial charge in [-0.1, -0.05) is 39.7 Å². The highest BCUT2D eigenvalue weighted by Gasteiger charge is 2.15. The van der Waals surface area contributed by atoms with E-state index < -0.39 is 0 Å². The van der Waals surface area contributed by atoms with Crippen LogP contribution in [0.5, 0.6) is 0 Å². The normalized spacial score (nSPS) is 11.0. The number of carbonyl (C=O) groups excluding carboxylic acids is 1. The van der Waals surface area contributed by atoms with Gasteiger partial charge in [-0.3, -0.25) is 4.79 Å². The molecule has 106 valence electrons. The number of hydrogen-bond donors (Lipinski definition) is 0. The van der Waals surface area contributed by atoms with Crippen LogP contribution in [-0.4, -0.2) is 15.3 Å². The van der Waals surface area contributed by atoms with Crippen LogP contribution in [0, 0.1) is 0 Å². The lowest BCUT2D eigenvalue weighted by atomic mass is 10.1. The molecular weight excluding hydrogens is 352 g/mol. The highest BCUT2D eigenvalue weighted by atomic mass is 79.9. The molecule has 0 saturated carbocycles. The van der Waals surface area contributed by atoms with Crippen LogP contribution in [-0.2, 0) is 13.5 Å². The van der Waals surface area contributed by atoms with Crippen molar-refractivity contribution in [3.8, 4) is 0 Å². The van der Waals surface area contributed by atoms with E-state index in [1.165, 1.54) is 0 Å². The Morgan fingerprint density at radius 2 is 2.05 bits per heavy atom. The summed E-state index contributed by atoms with van der Waals surface area (Å²) in [6.07, 6.45) is 0.229. The number of para-hydroxylation sites is 2. The van der Waals surface area contributed by atoms with E-state index in [2.05, 4.69) is 20.9 Å². The first-order valence-electron chi connectivity index (χ1n) is 6.45. The maximum absolute atomic E-state index is 12.4. The second kappa shape index (κ2) is 5.62. The van der Waals surface area contributed by atoms with E-state index in [9.17, 15) is 4.79 Å². The number of aromatic nitrogens is 2. The minimum atomic E-state index is -0.0362. The van der Waals surface area contributed by atoms with Gasteiger partial charge in [-0.05, 0) is 30.3 Å². The number of aryl methyl sites for hydroxylation is 1. The van der Waals surface area contributed by atoms with Crippen LogP contribution in [0.3, 0.4) is 0 Å². The topological polar surface area (TPSA) is 34.9 Å². The van der Waals surface area contributed by atoms with Gasteiger partial charge in [-0.2, -0.15) is 0 Å². The average molecular weight is 364 g/mol. The predicted molar refractivity (Wildman–Crippen MR) is 87.9 cm³/mol. The summed E-state index contributed by atoms with van der Waals surface area (Å²) in [7, 11) is 1.92. The van der Waals surface area contributed by atoms with E-state index in [-0.39, 0.29) is 12.2 Å². The molecule has 5 heteroatoms. The van der Waals surface area contributed by atoms with Gasteiger partial charge in [0.15, 0.2) is 5.78 Å². The number of fused-ring (bicyclic) bond motifs is 1. The van der Waals surface area contributed by atoms with Gasteiger partial charge in [0.05, 0.1) is 22.5 Å². The SMILES string of the molecule is Cn1c(CC(=O)c2ccc(Br)cc2Cl)nc2ccccc21. The van der Waals surface area contributed by atoms with Crippen molar-refractivity contribution in [1.82, 2.24) is 9.55 Å². The molecule has 0 N–H and O–H groups in total. The molecule has 3 nitrogen and oxygen atoms in total. The number of hydrogen-bond acceptors (Lipinski definition) is 2. The summed E-state index contributed by atoms with van der Waals surface area (Å²) in [5.41, 5.74) is 2.43. The van der Waals surface area contributed by atoms with Crippen LogP contribution < -0.4 is 0 Å². The summed E-state index contributed by atoms with van der Waals surface area (Å²) in [5.74, 6) is 0.700. The maximum atomic E-state index is 12.4. The largest absolute Gasteiger partial charge is 0.331 e. The van der Waals surface area contributed by atoms with Gasteiger partial charge in [-0.15, -0.1) is 0 Å². The molecule has 1 heterocycles. The van der Waals surface area contributed by atoms with Crippen molar-refractivity contribution >= 4 is 44.3 Å². The third-order valence-corrected chi connectivity index (χ3v) is 4.24. The minimum absolute atomic E-state index is 0.0362. The molecule has 0 aliphatic heterocycles. The molecule has 0 unspecified atom stereocenters. The summed E-state index contributed by atoms with van der Waals surface area (Å²) in [6, 6.07) is 13.1. The van der Waals surface area contributed by atoms with Crippen LogP contribution in [0.1, 0.15) is 16.2 Å². The van der Waals surface area contributed by atoms with Crippen molar-refractivity contribution in [3.63, 3.8) is 0 Å². The van der Waals surface area contributed by atoms with Crippen LogP contribution >= 0.6 is 27.5 Å². The molecule has 21 heavy (non-hydrogen) atoms. The van der Waals surface area contributed by atoms with Gasteiger partial charge < -0.3 is 4.57 Å². The Labute approximate surface area is 135 Å². The summed E-state index contributed by atoms with van der Waals surface area (Å²) in [6.45, 7) is 0. The molecule has 0 fully saturated rings. The van der Waals surface area contributed by atoms with Crippen molar-refractivity contribution < 1.29 is 4.79 Å². The summed E-state index contributed by atoms with van der Waals surface area (Å²) >= 11 is 9.47. The molecule has 0 radical (unpaired) electrons. The third kappa shape index (κ3) is 2.74. The van der Waals surface area contributed by atoms with Gasteiger partial charge in [0.1, 0.15) is 5.82 Å². The second-order valence-electron chi connectivity index (χ2n) is 4.80. The first kappa shape index (κ1) is 14.3. The van der Waals surface area contributed by atoms with Crippen molar-refractivity contribution in [3.05, 3.63) is 63.3 Å². The van der Waals surface area contributed by atoms with E-state index in [0.29, 0.717) is 10.6 Å². The molecule has 3 aromatic rings. The number of nitrogens with zero attached hydrogens (tertiary/aromatic N) is 2. The van der Waals surface area contributed by atoms with Crippen molar-refractivity contribution in [1.29, 1.82) is 0 Å². The fourth-order valence-corrected chi connectivity index (χ4v) is 3.09. The molecular formula is C16H12BrClN2O. The van der Waals surface area contributed by atoms with Crippen molar-refractivity contribution in [2.75, 3.05) is 0 Å². The summed E-state index contributed by atoms with van der Waals surface area (Å²) in [4.78, 5) is 16.9. The van der Waals surface area contributed by atoms with E-state index >= 15 is 0 Å². The predicted octanol–water partition coefficient (Wildman–Crippen LogP) is 4.41. The number of halogens is 2. The minimum Gasteiger partial charge on any atom is -0.331 e. The highest BCUT2D eigenvalue weighted by Crippen LogP contribution is 2.23. The Morgan fingerprint density at radius 3 is 2.76 bits per heavy atom. The molecule has 0 saturated heterocycles. The molecule has 0 amide bonds. The summed E-state index contributed by atoms with van der Waals surface area (Å²) in [5, 5.41) is 0.452. The summed E-state index contributed by atoms with van der Waals surface area (Å²) < 4.78 is 2.80. The van der Waals surface area contributed by atoms with Crippen molar-refractivity contribution in [2.24, 2.45) is 7.05 Å². The molecule has 0 aliphatic carbocycles. The molecule has 0 bridgehead atoms. The van der Waals surface area contributed by atoms with Gasteiger partial charge in [0.25, 0.3) is 0 Å². The van der Waals surface area contributed by atoms with Crippen molar-refractivity contribution in [2.45, 2.75) is 6.42 Å². The number of ketones is 1. The lowest BCUT2D eigenvalue weighted by molar-refractivity contribution is 0.0990. The van der Waals surface area contributed by atoms with Gasteiger partial charge in [-0.25, -0.2) is 4.98 Å². The zero-order chi connectivity index (χ0) is 15.0. The lowest BCUT2D eigenvalue weighted by Crippen LogP contribution is -2.09. The number of carbonyl (C=O) groups is 1. The molecule has 0 atom stereocenters. The first-order valence-corrected chi connectivity index (χ1v) is 7.62. The van der Waals surface area contributed by atoms with E-state index in [1.54, 1.807) is 12.1 Å². The Kier molecular flexibility index (Phi) is 3.83. The molecule has 0 spiro atoms. The monoisotopic (exact) mass is 362 g/mol. The molecule has 1 aromatic heterocycles. The van der Waals surface area contributed by atoms with E-state index in [4.69, 9.17) is 11.6 Å². The standard InChI is InChI=1S/C16H12BrClN2O/c1-20-14-5-3-2-4-13(14)19-16(20)9-15(21)11-7-6-10(17)8-12(11)18/h2-8H,9H2,1H3. The lowest BCUT2D eigenvalue weighted by Gasteiger charge is -2.05. The molecule has 3 rings (SSSR count). The zero-order valence-corrected chi connectivity index (χ0v) is 13.6. The van der Waals surface area contributed by atoms with E-state index in [0.717, 1.165) is 21.3 Å². The Morgan fingerprint density at radius 1 is 1.29 bits per heavy atom. The van der Waals surface area contributed by atoms with Gasteiger partial charge in [0, 0.05) is 17.1 Å².